The average molecular weight is 539 g/mol. The molecule has 1 aromatic heterocycles. The normalized spacial score (nSPS) is 13.2. The number of aryl methyl sites for hydroxylation is 1. The lowest BCUT2D eigenvalue weighted by Crippen LogP contribution is -2.48. The van der Waals surface area contributed by atoms with Crippen molar-refractivity contribution in [3.63, 3.8) is 0 Å². The Balaban J connectivity index is 1.51. The monoisotopic (exact) mass is 538 g/mol. The molecule has 0 aliphatic carbocycles. The lowest BCUT2D eigenvalue weighted by molar-refractivity contribution is -0.119. The van der Waals surface area contributed by atoms with Gasteiger partial charge in [-0.15, -0.1) is 11.3 Å². The van der Waals surface area contributed by atoms with Gasteiger partial charge >= 0.3 is 5.97 Å². The molecule has 39 heavy (non-hydrogen) atoms. The van der Waals surface area contributed by atoms with Crippen LogP contribution in [0.1, 0.15) is 49.1 Å². The number of thiophene rings is 1. The molecule has 2 heterocycles. The van der Waals surface area contributed by atoms with Crippen LogP contribution in [0.5, 0.6) is 0 Å². The molecule has 0 radical (unpaired) electrons. The van der Waals surface area contributed by atoms with Crippen LogP contribution in [0.15, 0.2) is 84.2 Å². The van der Waals surface area contributed by atoms with Gasteiger partial charge in [0.25, 0.3) is 11.8 Å². The number of nitrogens with zero attached hydrogens (tertiary/aromatic N) is 1. The smallest absolute Gasteiger partial charge is 0.341 e. The second-order valence-corrected chi connectivity index (χ2v) is 10.00. The van der Waals surface area contributed by atoms with Gasteiger partial charge in [0.15, 0.2) is 0 Å². The van der Waals surface area contributed by atoms with Gasteiger partial charge in [-0.25, -0.2) is 4.79 Å². The quantitative estimate of drug-likeness (QED) is 0.233. The first-order valence-electron chi connectivity index (χ1n) is 12.5. The number of anilines is 1. The number of ether oxygens (including phenoxy) is 1. The van der Waals surface area contributed by atoms with Crippen LogP contribution < -0.4 is 5.32 Å². The van der Waals surface area contributed by atoms with Crippen LogP contribution in [0.3, 0.4) is 0 Å². The number of imide groups is 1. The molecule has 3 aromatic carbocycles. The van der Waals surface area contributed by atoms with E-state index in [9.17, 15) is 19.2 Å². The summed E-state index contributed by atoms with van der Waals surface area (Å²) >= 11 is 1.19. The summed E-state index contributed by atoms with van der Waals surface area (Å²) in [7, 11) is 1.28. The van der Waals surface area contributed by atoms with E-state index in [4.69, 9.17) is 4.74 Å². The maximum atomic E-state index is 13.8. The maximum Gasteiger partial charge on any atom is 0.341 e. The molecule has 196 valence electrons. The van der Waals surface area contributed by atoms with E-state index in [-0.39, 0.29) is 28.1 Å². The molecule has 1 aliphatic heterocycles. The molecular weight excluding hydrogens is 512 g/mol. The first kappa shape index (κ1) is 26.1. The van der Waals surface area contributed by atoms with Gasteiger partial charge in [-0.1, -0.05) is 73.7 Å². The molecule has 0 saturated heterocycles. The van der Waals surface area contributed by atoms with Gasteiger partial charge in [-0.2, -0.15) is 0 Å². The Morgan fingerprint density at radius 2 is 1.46 bits per heavy atom. The fourth-order valence-corrected chi connectivity index (χ4v) is 5.67. The molecule has 4 aromatic rings. The minimum atomic E-state index is -1.14. The molecule has 0 spiro atoms. The predicted octanol–water partition coefficient (Wildman–Crippen LogP) is 5.61. The first-order valence-corrected chi connectivity index (χ1v) is 13.4. The van der Waals surface area contributed by atoms with Gasteiger partial charge in [0.2, 0.25) is 5.91 Å². The molecule has 3 amide bonds. The van der Waals surface area contributed by atoms with Crippen molar-refractivity contribution in [2.45, 2.75) is 25.8 Å². The minimum Gasteiger partial charge on any atom is -0.465 e. The zero-order valence-electron chi connectivity index (χ0n) is 21.5. The number of carbonyl (C=O) groups is 4. The summed E-state index contributed by atoms with van der Waals surface area (Å²) in [6, 6.07) is 22.4. The molecule has 1 unspecified atom stereocenters. The van der Waals surface area contributed by atoms with Crippen LogP contribution in [-0.4, -0.2) is 41.7 Å². The number of benzene rings is 3. The van der Waals surface area contributed by atoms with E-state index in [1.165, 1.54) is 18.4 Å². The predicted molar refractivity (Wildman–Crippen MR) is 150 cm³/mol. The maximum absolute atomic E-state index is 13.8. The lowest BCUT2D eigenvalue weighted by Gasteiger charge is -2.25. The summed E-state index contributed by atoms with van der Waals surface area (Å²) < 4.78 is 5.05. The SMILES string of the molecule is CCc1ccc(-c2csc(NC(=O)C(Cc3ccccc3)N3C(=O)c4ccccc4C3=O)c2C(=O)OC)cc1. The van der Waals surface area contributed by atoms with Crippen LogP contribution >= 0.6 is 11.3 Å². The van der Waals surface area contributed by atoms with Crippen LogP contribution in [0.2, 0.25) is 0 Å². The molecule has 1 N–H and O–H groups in total. The summed E-state index contributed by atoms with van der Waals surface area (Å²) in [5.74, 6) is -2.22. The number of hydrogen-bond acceptors (Lipinski definition) is 6. The Hall–Kier alpha value is -4.56. The number of nitrogens with one attached hydrogen (secondary N) is 1. The molecule has 1 aliphatic rings. The van der Waals surface area contributed by atoms with Gasteiger partial charge in [0.1, 0.15) is 16.6 Å². The third kappa shape index (κ3) is 4.98. The molecule has 0 fully saturated rings. The third-order valence-electron chi connectivity index (χ3n) is 6.80. The summed E-state index contributed by atoms with van der Waals surface area (Å²) in [4.78, 5) is 54.4. The highest BCUT2D eigenvalue weighted by Gasteiger charge is 2.43. The second-order valence-electron chi connectivity index (χ2n) is 9.12. The van der Waals surface area contributed by atoms with Gasteiger partial charge in [-0.3, -0.25) is 19.3 Å². The minimum absolute atomic E-state index is 0.114. The van der Waals surface area contributed by atoms with Gasteiger partial charge in [0.05, 0.1) is 18.2 Å². The van der Waals surface area contributed by atoms with Crippen molar-refractivity contribution in [3.05, 3.63) is 112 Å². The largest absolute Gasteiger partial charge is 0.465 e. The molecule has 5 rings (SSSR count). The van der Waals surface area contributed by atoms with E-state index in [1.807, 2.05) is 54.6 Å². The molecular formula is C31H26N2O5S. The zero-order valence-corrected chi connectivity index (χ0v) is 22.3. The number of fused-ring (bicyclic) bond motifs is 1. The van der Waals surface area contributed by atoms with Crippen LogP contribution in [-0.2, 0) is 22.4 Å². The van der Waals surface area contributed by atoms with Crippen LogP contribution in [0.25, 0.3) is 11.1 Å². The van der Waals surface area contributed by atoms with Crippen molar-refractivity contribution in [2.75, 3.05) is 12.4 Å². The number of esters is 1. The molecule has 0 saturated carbocycles. The number of hydrogen-bond donors (Lipinski definition) is 1. The van der Waals surface area contributed by atoms with Gasteiger partial charge < -0.3 is 10.1 Å². The highest BCUT2D eigenvalue weighted by Crippen LogP contribution is 2.37. The van der Waals surface area contributed by atoms with Crippen LogP contribution in [0.4, 0.5) is 5.00 Å². The Bertz CT molecular complexity index is 1520. The standard InChI is InChI=1S/C31H26N2O5S/c1-3-19-13-15-21(16-14-19)24-18-39-28(26(24)31(37)38-2)32-27(34)25(17-20-9-5-4-6-10-20)33-29(35)22-11-7-8-12-23(22)30(33)36/h4-16,18,25H,3,17H2,1-2H3,(H,32,34). The molecule has 7 nitrogen and oxygen atoms in total. The van der Waals surface area contributed by atoms with Crippen molar-refractivity contribution in [3.8, 4) is 11.1 Å². The van der Waals surface area contributed by atoms with Crippen molar-refractivity contribution < 1.29 is 23.9 Å². The van der Waals surface area contributed by atoms with Crippen molar-refractivity contribution in [1.29, 1.82) is 0 Å². The second kappa shape index (κ2) is 11.0. The van der Waals surface area contributed by atoms with Crippen molar-refractivity contribution in [2.24, 2.45) is 0 Å². The zero-order chi connectivity index (χ0) is 27.5. The topological polar surface area (TPSA) is 92.8 Å². The number of methoxy groups -OCH3 is 1. The average Bonchev–Trinajstić information content (AvgIpc) is 3.50. The first-order chi connectivity index (χ1) is 18.9. The summed E-state index contributed by atoms with van der Waals surface area (Å²) in [5, 5.41) is 4.91. The van der Waals surface area contributed by atoms with E-state index in [1.54, 1.807) is 29.6 Å². The lowest BCUT2D eigenvalue weighted by atomic mass is 10.0. The summed E-state index contributed by atoms with van der Waals surface area (Å²) in [6.45, 7) is 2.06. The van der Waals surface area contributed by atoms with Crippen molar-refractivity contribution >= 4 is 40.0 Å². The Morgan fingerprint density at radius 3 is 2.05 bits per heavy atom. The van der Waals surface area contributed by atoms with E-state index in [0.29, 0.717) is 5.56 Å². The van der Waals surface area contributed by atoms with E-state index in [0.717, 1.165) is 28.0 Å². The number of amides is 3. The Kier molecular flexibility index (Phi) is 7.38. The summed E-state index contributed by atoms with van der Waals surface area (Å²) in [5.41, 5.74) is 4.13. The van der Waals surface area contributed by atoms with E-state index in [2.05, 4.69) is 12.2 Å². The molecule has 1 atom stereocenters. The summed E-state index contributed by atoms with van der Waals surface area (Å²) in [6.07, 6.45) is 0.998. The van der Waals surface area contributed by atoms with Crippen LogP contribution in [0, 0.1) is 0 Å². The van der Waals surface area contributed by atoms with E-state index >= 15 is 0 Å². The Labute approximate surface area is 230 Å². The highest BCUT2D eigenvalue weighted by atomic mass is 32.1. The fraction of sp³-hybridized carbons (Fsp3) is 0.161. The molecule has 0 bridgehead atoms. The fourth-order valence-electron chi connectivity index (χ4n) is 4.71. The van der Waals surface area contributed by atoms with Gasteiger partial charge in [0, 0.05) is 17.4 Å². The van der Waals surface area contributed by atoms with Gasteiger partial charge in [-0.05, 0) is 35.2 Å². The van der Waals surface area contributed by atoms with E-state index < -0.39 is 29.7 Å². The number of rotatable bonds is 8. The molecule has 8 heteroatoms. The van der Waals surface area contributed by atoms with Crippen molar-refractivity contribution in [1.82, 2.24) is 4.90 Å². The number of carbonyl (C=O) groups excluding carboxylic acids is 4. The highest BCUT2D eigenvalue weighted by molar-refractivity contribution is 7.15. The third-order valence-corrected chi connectivity index (χ3v) is 7.70. The Morgan fingerprint density at radius 1 is 0.846 bits per heavy atom.